The highest BCUT2D eigenvalue weighted by Crippen LogP contribution is 2.19. The van der Waals surface area contributed by atoms with Gasteiger partial charge in [-0.25, -0.2) is 0 Å². The largest absolute Gasteiger partial charge is 0.197 e. The van der Waals surface area contributed by atoms with Crippen LogP contribution >= 0.6 is 0 Å². The summed E-state index contributed by atoms with van der Waals surface area (Å²) in [5.41, 5.74) is 4.15. The van der Waals surface area contributed by atoms with Crippen LogP contribution in [0.25, 0.3) is 16.8 Å². The van der Waals surface area contributed by atoms with Gasteiger partial charge in [0.25, 0.3) is 0 Å². The van der Waals surface area contributed by atoms with Crippen molar-refractivity contribution in [3.8, 4) is 11.1 Å². The standard InChI is InChI=1S/C18H14N4/c1-3-7-14(8-4-1)11-17-20-21-18-12-16(13-19-22(17)18)15-9-5-2-6-10-15/h1-10,12-13H,11H2. The van der Waals surface area contributed by atoms with Gasteiger partial charge >= 0.3 is 0 Å². The van der Waals surface area contributed by atoms with E-state index in [1.54, 1.807) is 4.52 Å². The molecule has 22 heavy (non-hydrogen) atoms. The van der Waals surface area contributed by atoms with Crippen LogP contribution in [0.4, 0.5) is 0 Å². The lowest BCUT2D eigenvalue weighted by Crippen LogP contribution is -2.00. The van der Waals surface area contributed by atoms with Crippen molar-refractivity contribution in [2.75, 3.05) is 0 Å². The molecule has 2 heterocycles. The fourth-order valence-corrected chi connectivity index (χ4v) is 2.52. The first-order chi connectivity index (χ1) is 10.9. The number of hydrogen-bond donors (Lipinski definition) is 0. The van der Waals surface area contributed by atoms with Crippen molar-refractivity contribution >= 4 is 5.65 Å². The molecule has 2 aromatic heterocycles. The number of nitrogens with zero attached hydrogens (tertiary/aromatic N) is 4. The molecule has 0 N–H and O–H groups in total. The van der Waals surface area contributed by atoms with Crippen molar-refractivity contribution in [3.63, 3.8) is 0 Å². The molecule has 0 radical (unpaired) electrons. The van der Waals surface area contributed by atoms with Gasteiger partial charge in [-0.05, 0) is 17.2 Å². The minimum Gasteiger partial charge on any atom is -0.197 e. The van der Waals surface area contributed by atoms with Crippen LogP contribution in [0.5, 0.6) is 0 Å². The molecule has 4 rings (SSSR count). The van der Waals surface area contributed by atoms with E-state index in [0.717, 1.165) is 29.0 Å². The molecule has 4 heteroatoms. The Balaban J connectivity index is 1.72. The molecule has 0 aliphatic heterocycles. The Morgan fingerprint density at radius 1 is 0.773 bits per heavy atom. The van der Waals surface area contributed by atoms with Crippen molar-refractivity contribution in [2.24, 2.45) is 0 Å². The van der Waals surface area contributed by atoms with Gasteiger partial charge in [-0.15, -0.1) is 10.2 Å². The van der Waals surface area contributed by atoms with E-state index in [9.17, 15) is 0 Å². The average molecular weight is 286 g/mol. The van der Waals surface area contributed by atoms with E-state index in [1.165, 1.54) is 5.56 Å². The third kappa shape index (κ3) is 2.35. The van der Waals surface area contributed by atoms with Crippen molar-refractivity contribution < 1.29 is 0 Å². The molecule has 0 saturated carbocycles. The van der Waals surface area contributed by atoms with E-state index < -0.39 is 0 Å². The maximum absolute atomic E-state index is 4.51. The molecule has 0 amide bonds. The fraction of sp³-hybridized carbons (Fsp3) is 0.0556. The summed E-state index contributed by atoms with van der Waals surface area (Å²) in [6.07, 6.45) is 2.58. The summed E-state index contributed by atoms with van der Waals surface area (Å²) < 4.78 is 1.80. The summed E-state index contributed by atoms with van der Waals surface area (Å²) in [6, 6.07) is 22.4. The third-order valence-corrected chi connectivity index (χ3v) is 3.64. The molecule has 0 unspecified atom stereocenters. The molecule has 0 fully saturated rings. The van der Waals surface area contributed by atoms with E-state index >= 15 is 0 Å². The lowest BCUT2D eigenvalue weighted by atomic mass is 10.1. The van der Waals surface area contributed by atoms with Gasteiger partial charge in [0, 0.05) is 12.0 Å². The van der Waals surface area contributed by atoms with E-state index in [1.807, 2.05) is 48.7 Å². The van der Waals surface area contributed by atoms with Gasteiger partial charge in [-0.1, -0.05) is 60.7 Å². The van der Waals surface area contributed by atoms with Gasteiger partial charge in [-0.2, -0.15) is 9.61 Å². The molecule has 0 bridgehead atoms. The zero-order valence-electron chi connectivity index (χ0n) is 11.9. The second-order valence-corrected chi connectivity index (χ2v) is 5.16. The molecule has 0 aliphatic rings. The van der Waals surface area contributed by atoms with Gasteiger partial charge in [0.2, 0.25) is 0 Å². The zero-order valence-corrected chi connectivity index (χ0v) is 11.9. The lowest BCUT2D eigenvalue weighted by Gasteiger charge is -2.02. The fourth-order valence-electron chi connectivity index (χ4n) is 2.52. The molecule has 0 spiro atoms. The topological polar surface area (TPSA) is 43.1 Å². The van der Waals surface area contributed by atoms with Crippen LogP contribution in [-0.2, 0) is 6.42 Å². The number of rotatable bonds is 3. The SMILES string of the molecule is c1ccc(Cc2nnc3cc(-c4ccccc4)cnn23)cc1. The van der Waals surface area contributed by atoms with E-state index in [4.69, 9.17) is 0 Å². The lowest BCUT2D eigenvalue weighted by molar-refractivity contribution is 0.838. The maximum atomic E-state index is 4.51. The van der Waals surface area contributed by atoms with Gasteiger partial charge < -0.3 is 0 Å². The Hall–Kier alpha value is -3.01. The van der Waals surface area contributed by atoms with E-state index in [0.29, 0.717) is 0 Å². The number of benzene rings is 2. The monoisotopic (exact) mass is 286 g/mol. The van der Waals surface area contributed by atoms with Crippen molar-refractivity contribution in [2.45, 2.75) is 6.42 Å². The van der Waals surface area contributed by atoms with Crippen LogP contribution in [0.15, 0.2) is 72.9 Å². The summed E-state index contributed by atoms with van der Waals surface area (Å²) in [7, 11) is 0. The van der Waals surface area contributed by atoms with Crippen LogP contribution in [0.2, 0.25) is 0 Å². The van der Waals surface area contributed by atoms with Gasteiger partial charge in [0.1, 0.15) is 0 Å². The normalized spacial score (nSPS) is 10.9. The van der Waals surface area contributed by atoms with Crippen molar-refractivity contribution in [3.05, 3.63) is 84.3 Å². The first-order valence-corrected chi connectivity index (χ1v) is 7.20. The molecular weight excluding hydrogens is 272 g/mol. The highest BCUT2D eigenvalue weighted by atomic mass is 15.4. The minimum absolute atomic E-state index is 0.722. The predicted molar refractivity (Wildman–Crippen MR) is 85.5 cm³/mol. The number of hydrogen-bond acceptors (Lipinski definition) is 3. The smallest absolute Gasteiger partial charge is 0.178 e. The predicted octanol–water partition coefficient (Wildman–Crippen LogP) is 3.38. The van der Waals surface area contributed by atoms with E-state index in [2.05, 4.69) is 39.6 Å². The number of aromatic nitrogens is 4. The second-order valence-electron chi connectivity index (χ2n) is 5.16. The summed E-state index contributed by atoms with van der Waals surface area (Å²) in [5.74, 6) is 0.848. The number of fused-ring (bicyclic) bond motifs is 1. The molecule has 2 aromatic carbocycles. The Kier molecular flexibility index (Phi) is 3.12. The maximum Gasteiger partial charge on any atom is 0.178 e. The van der Waals surface area contributed by atoms with Crippen LogP contribution in [0, 0.1) is 0 Å². The van der Waals surface area contributed by atoms with Gasteiger partial charge in [-0.3, -0.25) is 0 Å². The van der Waals surface area contributed by atoms with E-state index in [-0.39, 0.29) is 0 Å². The minimum atomic E-state index is 0.722. The van der Waals surface area contributed by atoms with Crippen LogP contribution in [-0.4, -0.2) is 19.8 Å². The second kappa shape index (κ2) is 5.41. The summed E-state index contributed by atoms with van der Waals surface area (Å²) in [5, 5.41) is 13.0. The summed E-state index contributed by atoms with van der Waals surface area (Å²) >= 11 is 0. The van der Waals surface area contributed by atoms with Gasteiger partial charge in [0.05, 0.1) is 6.20 Å². The Morgan fingerprint density at radius 2 is 1.50 bits per heavy atom. The molecule has 4 aromatic rings. The molecular formula is C18H14N4. The highest BCUT2D eigenvalue weighted by Gasteiger charge is 2.08. The highest BCUT2D eigenvalue weighted by molar-refractivity contribution is 5.65. The Morgan fingerprint density at radius 3 is 2.27 bits per heavy atom. The molecule has 0 aliphatic carbocycles. The molecule has 0 atom stereocenters. The average Bonchev–Trinajstić information content (AvgIpc) is 2.99. The van der Waals surface area contributed by atoms with Crippen LogP contribution in [0.1, 0.15) is 11.4 Å². The third-order valence-electron chi connectivity index (χ3n) is 3.64. The Labute approximate surface area is 128 Å². The molecule has 0 saturated heterocycles. The van der Waals surface area contributed by atoms with Gasteiger partial charge in [0.15, 0.2) is 11.5 Å². The Bertz CT molecular complexity index is 898. The molecule has 106 valence electrons. The van der Waals surface area contributed by atoms with Crippen molar-refractivity contribution in [1.82, 2.24) is 19.8 Å². The van der Waals surface area contributed by atoms with Crippen LogP contribution in [0.3, 0.4) is 0 Å². The first kappa shape index (κ1) is 12.7. The first-order valence-electron chi connectivity index (χ1n) is 7.20. The quantitative estimate of drug-likeness (QED) is 0.580. The van der Waals surface area contributed by atoms with Crippen molar-refractivity contribution in [1.29, 1.82) is 0 Å². The summed E-state index contributed by atoms with van der Waals surface area (Å²) in [4.78, 5) is 0. The van der Waals surface area contributed by atoms with Crippen LogP contribution < -0.4 is 0 Å². The summed E-state index contributed by atoms with van der Waals surface area (Å²) in [6.45, 7) is 0. The molecule has 4 nitrogen and oxygen atoms in total. The zero-order chi connectivity index (χ0) is 14.8.